The first-order valence-electron chi connectivity index (χ1n) is 5.78. The van der Waals surface area contributed by atoms with Crippen LogP contribution < -0.4 is 0 Å². The van der Waals surface area contributed by atoms with Crippen LogP contribution in [-0.4, -0.2) is 18.2 Å². The molecule has 0 spiro atoms. The minimum Gasteiger partial charge on any atom is -0.478 e. The summed E-state index contributed by atoms with van der Waals surface area (Å²) in [6.07, 6.45) is 2.76. The van der Waals surface area contributed by atoms with Gasteiger partial charge in [-0.3, -0.25) is 0 Å². The number of benzene rings is 1. The molecule has 4 heteroatoms. The van der Waals surface area contributed by atoms with Crippen LogP contribution in [-0.2, 0) is 16.1 Å². The summed E-state index contributed by atoms with van der Waals surface area (Å²) in [7, 11) is 1.67. The maximum absolute atomic E-state index is 10.5. The van der Waals surface area contributed by atoms with Crippen molar-refractivity contribution in [1.29, 1.82) is 0 Å². The van der Waals surface area contributed by atoms with Gasteiger partial charge in [0.05, 0.1) is 6.61 Å². The Morgan fingerprint density at radius 1 is 1.26 bits per heavy atom. The molecule has 1 aromatic heterocycles. The lowest BCUT2D eigenvalue weighted by atomic mass is 10.1. The molecule has 2 rings (SSSR count). The standard InChI is InChI=1S/C15H14O3S/c1-18-10-11-2-4-12(5-3-11)14-8-6-13(19-14)7-9-15(16)17/h2-9H,10H2,1H3,(H,16,17)/b9-7+. The van der Waals surface area contributed by atoms with Crippen molar-refractivity contribution in [2.45, 2.75) is 6.61 Å². The van der Waals surface area contributed by atoms with E-state index in [0.29, 0.717) is 6.61 Å². The number of carbonyl (C=O) groups is 1. The summed E-state index contributed by atoms with van der Waals surface area (Å²) >= 11 is 1.57. The van der Waals surface area contributed by atoms with Crippen molar-refractivity contribution in [3.63, 3.8) is 0 Å². The van der Waals surface area contributed by atoms with Gasteiger partial charge in [0.25, 0.3) is 0 Å². The summed E-state index contributed by atoms with van der Waals surface area (Å²) in [5.74, 6) is -0.932. The quantitative estimate of drug-likeness (QED) is 0.846. The summed E-state index contributed by atoms with van der Waals surface area (Å²) in [4.78, 5) is 12.5. The van der Waals surface area contributed by atoms with Gasteiger partial charge in [-0.05, 0) is 29.3 Å². The lowest BCUT2D eigenvalue weighted by molar-refractivity contribution is -0.131. The topological polar surface area (TPSA) is 46.5 Å². The van der Waals surface area contributed by atoms with Crippen LogP contribution in [0.1, 0.15) is 10.4 Å². The summed E-state index contributed by atoms with van der Waals surface area (Å²) in [5, 5.41) is 8.59. The molecular formula is C15H14O3S. The van der Waals surface area contributed by atoms with E-state index in [0.717, 1.165) is 27.0 Å². The molecule has 2 aromatic rings. The van der Waals surface area contributed by atoms with Crippen LogP contribution >= 0.6 is 11.3 Å². The number of carboxylic acid groups (broad SMARTS) is 1. The largest absolute Gasteiger partial charge is 0.478 e. The Hall–Kier alpha value is -1.91. The van der Waals surface area contributed by atoms with Gasteiger partial charge in [0.15, 0.2) is 0 Å². The van der Waals surface area contributed by atoms with Gasteiger partial charge in [-0.1, -0.05) is 24.3 Å². The minimum atomic E-state index is -0.932. The third-order valence-corrected chi connectivity index (χ3v) is 3.67. The van der Waals surface area contributed by atoms with E-state index in [2.05, 4.69) is 0 Å². The molecule has 0 saturated heterocycles. The molecule has 3 nitrogen and oxygen atoms in total. The van der Waals surface area contributed by atoms with E-state index < -0.39 is 5.97 Å². The minimum absolute atomic E-state index is 0.608. The highest BCUT2D eigenvalue weighted by Crippen LogP contribution is 2.29. The van der Waals surface area contributed by atoms with E-state index in [1.165, 1.54) is 0 Å². The lowest BCUT2D eigenvalue weighted by Gasteiger charge is -2.01. The van der Waals surface area contributed by atoms with Gasteiger partial charge in [-0.2, -0.15) is 0 Å². The molecule has 1 N–H and O–H groups in total. The lowest BCUT2D eigenvalue weighted by Crippen LogP contribution is -1.86. The molecule has 0 bridgehead atoms. The van der Waals surface area contributed by atoms with Gasteiger partial charge in [-0.25, -0.2) is 4.79 Å². The van der Waals surface area contributed by atoms with Crippen LogP contribution in [0.15, 0.2) is 42.5 Å². The van der Waals surface area contributed by atoms with Crippen molar-refractivity contribution in [2.24, 2.45) is 0 Å². The van der Waals surface area contributed by atoms with Crippen LogP contribution in [0.4, 0.5) is 0 Å². The summed E-state index contributed by atoms with van der Waals surface area (Å²) in [5.41, 5.74) is 2.26. The van der Waals surface area contributed by atoms with Gasteiger partial charge >= 0.3 is 5.97 Å². The number of hydrogen-bond donors (Lipinski definition) is 1. The second kappa shape index (κ2) is 6.31. The number of rotatable bonds is 5. The van der Waals surface area contributed by atoms with Gasteiger partial charge in [0, 0.05) is 22.9 Å². The average Bonchev–Trinajstić information content (AvgIpc) is 2.86. The number of carboxylic acids is 1. The summed E-state index contributed by atoms with van der Waals surface area (Å²) < 4.78 is 5.07. The van der Waals surface area contributed by atoms with E-state index >= 15 is 0 Å². The summed E-state index contributed by atoms with van der Waals surface area (Å²) in [6.45, 7) is 0.608. The first kappa shape index (κ1) is 13.5. The Kier molecular flexibility index (Phi) is 4.49. The highest BCUT2D eigenvalue weighted by atomic mass is 32.1. The van der Waals surface area contributed by atoms with Crippen molar-refractivity contribution in [3.05, 3.63) is 52.9 Å². The van der Waals surface area contributed by atoms with Gasteiger partial charge in [0.1, 0.15) is 0 Å². The zero-order valence-electron chi connectivity index (χ0n) is 10.5. The molecule has 1 heterocycles. The molecule has 0 unspecified atom stereocenters. The number of ether oxygens (including phenoxy) is 1. The van der Waals surface area contributed by atoms with Gasteiger partial charge < -0.3 is 9.84 Å². The molecule has 0 radical (unpaired) electrons. The molecule has 0 amide bonds. The van der Waals surface area contributed by atoms with Crippen molar-refractivity contribution >= 4 is 23.4 Å². The normalized spacial score (nSPS) is 11.0. The Morgan fingerprint density at radius 3 is 2.63 bits per heavy atom. The SMILES string of the molecule is COCc1ccc(-c2ccc(/C=C/C(=O)O)s2)cc1. The fourth-order valence-electron chi connectivity index (χ4n) is 1.68. The fourth-order valence-corrected chi connectivity index (χ4v) is 2.60. The maximum atomic E-state index is 10.5. The number of thiophene rings is 1. The molecule has 1 aromatic carbocycles. The first-order valence-corrected chi connectivity index (χ1v) is 6.60. The number of methoxy groups -OCH3 is 1. The first-order chi connectivity index (χ1) is 9.19. The van der Waals surface area contributed by atoms with Gasteiger partial charge in [-0.15, -0.1) is 11.3 Å². The predicted octanol–water partition coefficient (Wildman–Crippen LogP) is 3.66. The van der Waals surface area contributed by atoms with Gasteiger partial charge in [0.2, 0.25) is 0 Å². The Bertz CT molecular complexity index is 582. The third kappa shape index (κ3) is 3.77. The maximum Gasteiger partial charge on any atom is 0.328 e. The Labute approximate surface area is 115 Å². The zero-order chi connectivity index (χ0) is 13.7. The summed E-state index contributed by atoms with van der Waals surface area (Å²) in [6, 6.07) is 12.1. The van der Waals surface area contributed by atoms with Crippen molar-refractivity contribution in [1.82, 2.24) is 0 Å². The van der Waals surface area contributed by atoms with Crippen molar-refractivity contribution in [2.75, 3.05) is 7.11 Å². The van der Waals surface area contributed by atoms with Crippen LogP contribution in [0, 0.1) is 0 Å². The highest BCUT2D eigenvalue weighted by Gasteiger charge is 2.02. The fraction of sp³-hybridized carbons (Fsp3) is 0.133. The third-order valence-electron chi connectivity index (χ3n) is 2.57. The second-order valence-corrected chi connectivity index (χ2v) is 5.12. The molecular weight excluding hydrogens is 260 g/mol. The Morgan fingerprint density at radius 2 is 2.00 bits per heavy atom. The van der Waals surface area contributed by atoms with E-state index in [1.807, 2.05) is 36.4 Å². The van der Waals surface area contributed by atoms with E-state index in [9.17, 15) is 4.79 Å². The van der Waals surface area contributed by atoms with E-state index in [-0.39, 0.29) is 0 Å². The monoisotopic (exact) mass is 274 g/mol. The van der Waals surface area contributed by atoms with Crippen molar-refractivity contribution in [3.8, 4) is 10.4 Å². The smallest absolute Gasteiger partial charge is 0.328 e. The van der Waals surface area contributed by atoms with Crippen LogP contribution in [0.5, 0.6) is 0 Å². The number of hydrogen-bond acceptors (Lipinski definition) is 3. The zero-order valence-corrected chi connectivity index (χ0v) is 11.3. The van der Waals surface area contributed by atoms with Crippen LogP contribution in [0.2, 0.25) is 0 Å². The molecule has 0 aliphatic heterocycles. The second-order valence-electron chi connectivity index (χ2n) is 4.00. The van der Waals surface area contributed by atoms with E-state index in [1.54, 1.807) is 24.5 Å². The van der Waals surface area contributed by atoms with Crippen molar-refractivity contribution < 1.29 is 14.6 Å². The van der Waals surface area contributed by atoms with Crippen LogP contribution in [0.3, 0.4) is 0 Å². The van der Waals surface area contributed by atoms with E-state index in [4.69, 9.17) is 9.84 Å². The highest BCUT2D eigenvalue weighted by molar-refractivity contribution is 7.16. The van der Waals surface area contributed by atoms with Crippen LogP contribution in [0.25, 0.3) is 16.5 Å². The molecule has 0 saturated carbocycles. The molecule has 0 atom stereocenters. The molecule has 19 heavy (non-hydrogen) atoms. The molecule has 98 valence electrons. The molecule has 0 aliphatic rings. The molecule has 0 aliphatic carbocycles. The predicted molar refractivity (Wildman–Crippen MR) is 77.1 cm³/mol. The Balaban J connectivity index is 2.15. The average molecular weight is 274 g/mol. The molecule has 0 fully saturated rings. The number of aliphatic carboxylic acids is 1.